The van der Waals surface area contributed by atoms with Gasteiger partial charge in [0.2, 0.25) is 0 Å². The largest absolute Gasteiger partial charge is 0.445 e. The molecule has 0 bridgehead atoms. The van der Waals surface area contributed by atoms with Crippen molar-refractivity contribution < 1.29 is 14.3 Å². The van der Waals surface area contributed by atoms with Crippen LogP contribution in [0.5, 0.6) is 0 Å². The Morgan fingerprint density at radius 3 is 2.67 bits per heavy atom. The third-order valence-corrected chi connectivity index (χ3v) is 6.11. The number of fused-ring (bicyclic) bond motifs is 1. The predicted octanol–water partition coefficient (Wildman–Crippen LogP) is 3.00. The summed E-state index contributed by atoms with van der Waals surface area (Å²) in [6.45, 7) is 2.34. The molecule has 2 N–H and O–H groups in total. The van der Waals surface area contributed by atoms with Gasteiger partial charge in [0.15, 0.2) is 5.60 Å². The molecule has 1 amide bonds. The van der Waals surface area contributed by atoms with E-state index >= 15 is 0 Å². The number of carbonyl (C=O) groups excluding carboxylic acids is 2. The van der Waals surface area contributed by atoms with E-state index in [-0.39, 0.29) is 5.91 Å². The maximum Gasteiger partial charge on any atom is 0.339 e. The van der Waals surface area contributed by atoms with Crippen molar-refractivity contribution in [2.45, 2.75) is 50.3 Å². The van der Waals surface area contributed by atoms with E-state index in [2.05, 4.69) is 35.1 Å². The minimum Gasteiger partial charge on any atom is -0.445 e. The fourth-order valence-electron chi connectivity index (χ4n) is 4.45. The molecule has 0 radical (unpaired) electrons. The molecule has 6 nitrogen and oxygen atoms in total. The first-order valence-corrected chi connectivity index (χ1v) is 10.6. The highest BCUT2D eigenvalue weighted by Crippen LogP contribution is 2.30. The summed E-state index contributed by atoms with van der Waals surface area (Å²) in [5.41, 5.74) is 8.30. The first-order valence-electron chi connectivity index (χ1n) is 10.6. The molecule has 0 aromatic heterocycles. The van der Waals surface area contributed by atoms with Crippen LogP contribution in [0.3, 0.4) is 0 Å². The number of likely N-dealkylation sites (N-methyl/N-ethyl adjacent to an activating group) is 1. The summed E-state index contributed by atoms with van der Waals surface area (Å²) >= 11 is 0. The molecule has 3 unspecified atom stereocenters. The lowest BCUT2D eigenvalue weighted by Gasteiger charge is -2.36. The van der Waals surface area contributed by atoms with Crippen LogP contribution < -0.4 is 10.9 Å². The van der Waals surface area contributed by atoms with Crippen molar-refractivity contribution in [3.05, 3.63) is 71.3 Å². The summed E-state index contributed by atoms with van der Waals surface area (Å²) in [4.78, 5) is 27.1. The summed E-state index contributed by atoms with van der Waals surface area (Å²) in [7, 11) is 1.79. The number of ether oxygens (including phenoxy) is 1. The van der Waals surface area contributed by atoms with Crippen LogP contribution in [-0.4, -0.2) is 42.0 Å². The van der Waals surface area contributed by atoms with Crippen LogP contribution in [0.1, 0.15) is 53.7 Å². The quantitative estimate of drug-likeness (QED) is 0.721. The maximum atomic E-state index is 13.1. The van der Waals surface area contributed by atoms with Gasteiger partial charge in [0.1, 0.15) is 0 Å². The molecule has 0 aliphatic carbocycles. The summed E-state index contributed by atoms with van der Waals surface area (Å²) < 4.78 is 5.57. The van der Waals surface area contributed by atoms with E-state index in [1.165, 1.54) is 5.56 Å². The first kappa shape index (κ1) is 20.6. The van der Waals surface area contributed by atoms with Gasteiger partial charge in [-0.25, -0.2) is 4.79 Å². The van der Waals surface area contributed by atoms with Crippen molar-refractivity contribution in [3.63, 3.8) is 0 Å². The SMILES string of the molecule is CN(CCCC1CC(c2ccccc2)NN1)C(=O)C1(C)Cc2ccccc2C(=O)O1. The average Bonchev–Trinajstić information content (AvgIpc) is 3.22. The Morgan fingerprint density at radius 1 is 1.13 bits per heavy atom. The maximum absolute atomic E-state index is 13.1. The van der Waals surface area contributed by atoms with E-state index in [0.29, 0.717) is 30.6 Å². The van der Waals surface area contributed by atoms with Crippen molar-refractivity contribution in [2.75, 3.05) is 13.6 Å². The van der Waals surface area contributed by atoms with Crippen molar-refractivity contribution in [1.82, 2.24) is 15.8 Å². The Hall–Kier alpha value is -2.70. The normalized spacial score (nSPS) is 25.5. The monoisotopic (exact) mass is 407 g/mol. The smallest absolute Gasteiger partial charge is 0.339 e. The van der Waals surface area contributed by atoms with E-state index in [4.69, 9.17) is 4.74 Å². The zero-order valence-electron chi connectivity index (χ0n) is 17.6. The number of hydrogen-bond acceptors (Lipinski definition) is 5. The molecule has 0 saturated carbocycles. The van der Waals surface area contributed by atoms with Gasteiger partial charge in [-0.3, -0.25) is 15.6 Å². The molecule has 158 valence electrons. The van der Waals surface area contributed by atoms with E-state index in [1.54, 1.807) is 24.9 Å². The van der Waals surface area contributed by atoms with Gasteiger partial charge in [-0.15, -0.1) is 0 Å². The molecule has 6 heteroatoms. The lowest BCUT2D eigenvalue weighted by atomic mass is 9.89. The summed E-state index contributed by atoms with van der Waals surface area (Å²) in [5.74, 6) is -0.570. The molecular formula is C24H29N3O3. The summed E-state index contributed by atoms with van der Waals surface area (Å²) in [5, 5.41) is 0. The van der Waals surface area contributed by atoms with Crippen molar-refractivity contribution in [3.8, 4) is 0 Å². The van der Waals surface area contributed by atoms with Crippen LogP contribution in [0.25, 0.3) is 0 Å². The second-order valence-electron chi connectivity index (χ2n) is 8.51. The van der Waals surface area contributed by atoms with Gasteiger partial charge < -0.3 is 9.64 Å². The number of nitrogens with zero attached hydrogens (tertiary/aromatic N) is 1. The Balaban J connectivity index is 1.28. The van der Waals surface area contributed by atoms with Gasteiger partial charge in [0.05, 0.1) is 5.56 Å². The molecule has 1 saturated heterocycles. The number of benzene rings is 2. The molecule has 1 fully saturated rings. The second kappa shape index (κ2) is 8.58. The third-order valence-electron chi connectivity index (χ3n) is 6.11. The zero-order chi connectivity index (χ0) is 21.1. The molecule has 3 atom stereocenters. The molecule has 4 rings (SSSR count). The van der Waals surface area contributed by atoms with Crippen LogP contribution in [-0.2, 0) is 16.0 Å². The summed E-state index contributed by atoms with van der Waals surface area (Å²) in [6, 6.07) is 18.4. The number of nitrogens with one attached hydrogen (secondary N) is 2. The van der Waals surface area contributed by atoms with Crippen molar-refractivity contribution >= 4 is 11.9 Å². The molecule has 2 aromatic carbocycles. The van der Waals surface area contributed by atoms with Crippen molar-refractivity contribution in [2.24, 2.45) is 0 Å². The molecule has 2 aromatic rings. The van der Waals surface area contributed by atoms with Crippen LogP contribution in [0.15, 0.2) is 54.6 Å². The Kier molecular flexibility index (Phi) is 5.88. The number of amides is 1. The Bertz CT molecular complexity index is 917. The van der Waals surface area contributed by atoms with E-state index < -0.39 is 11.6 Å². The minimum atomic E-state index is -1.15. The average molecular weight is 408 g/mol. The molecule has 2 aliphatic rings. The van der Waals surface area contributed by atoms with Gasteiger partial charge in [-0.05, 0) is 43.4 Å². The minimum absolute atomic E-state index is 0.148. The molecule has 30 heavy (non-hydrogen) atoms. The number of carbonyl (C=O) groups is 2. The topological polar surface area (TPSA) is 70.7 Å². The van der Waals surface area contributed by atoms with E-state index in [9.17, 15) is 9.59 Å². The first-order chi connectivity index (χ1) is 14.5. The van der Waals surface area contributed by atoms with E-state index in [1.807, 2.05) is 24.3 Å². The van der Waals surface area contributed by atoms with Gasteiger partial charge in [0, 0.05) is 32.1 Å². The van der Waals surface area contributed by atoms with Gasteiger partial charge in [-0.2, -0.15) is 0 Å². The molecular weight excluding hydrogens is 378 g/mol. The Labute approximate surface area is 177 Å². The number of hydrazine groups is 1. The van der Waals surface area contributed by atoms with E-state index in [0.717, 1.165) is 24.8 Å². The Morgan fingerprint density at radius 2 is 1.87 bits per heavy atom. The van der Waals surface area contributed by atoms with Gasteiger partial charge in [-0.1, -0.05) is 48.5 Å². The number of esters is 1. The number of hydrogen-bond donors (Lipinski definition) is 2. The zero-order valence-corrected chi connectivity index (χ0v) is 17.6. The van der Waals surface area contributed by atoms with Gasteiger partial charge >= 0.3 is 5.97 Å². The van der Waals surface area contributed by atoms with Crippen LogP contribution >= 0.6 is 0 Å². The van der Waals surface area contributed by atoms with Crippen LogP contribution in [0.4, 0.5) is 0 Å². The molecule has 2 aliphatic heterocycles. The van der Waals surface area contributed by atoms with Crippen LogP contribution in [0, 0.1) is 0 Å². The fourth-order valence-corrected chi connectivity index (χ4v) is 4.45. The highest BCUT2D eigenvalue weighted by Gasteiger charge is 2.44. The summed E-state index contributed by atoms with van der Waals surface area (Å²) in [6.07, 6.45) is 3.27. The lowest BCUT2D eigenvalue weighted by Crippen LogP contribution is -2.52. The standard InChI is InChI=1S/C24H29N3O3/c1-24(16-18-11-6-7-13-20(18)22(28)30-24)23(29)27(2)14-8-12-19-15-21(26-25-19)17-9-4-3-5-10-17/h3-7,9-11,13,19,21,25-26H,8,12,14-16H2,1-2H3. The highest BCUT2D eigenvalue weighted by molar-refractivity contribution is 5.97. The molecule has 2 heterocycles. The number of cyclic esters (lactones) is 1. The second-order valence-corrected chi connectivity index (χ2v) is 8.51. The molecule has 0 spiro atoms. The van der Waals surface area contributed by atoms with Crippen LogP contribution in [0.2, 0.25) is 0 Å². The number of rotatable bonds is 6. The third kappa shape index (κ3) is 4.25. The lowest BCUT2D eigenvalue weighted by molar-refractivity contribution is -0.149. The van der Waals surface area contributed by atoms with Gasteiger partial charge in [0.25, 0.3) is 5.91 Å². The predicted molar refractivity (Wildman–Crippen MR) is 115 cm³/mol. The van der Waals surface area contributed by atoms with Crippen molar-refractivity contribution in [1.29, 1.82) is 0 Å². The fraction of sp³-hybridized carbons (Fsp3) is 0.417. The highest BCUT2D eigenvalue weighted by atomic mass is 16.6.